The number of benzene rings is 1. The van der Waals surface area contributed by atoms with Crippen molar-refractivity contribution in [3.05, 3.63) is 46.5 Å². The topological polar surface area (TPSA) is 50.6 Å². The van der Waals surface area contributed by atoms with Gasteiger partial charge < -0.3 is 14.5 Å². The van der Waals surface area contributed by atoms with Gasteiger partial charge in [-0.05, 0) is 24.1 Å². The van der Waals surface area contributed by atoms with Crippen molar-refractivity contribution in [3.8, 4) is 0 Å². The first kappa shape index (κ1) is 19.2. The highest BCUT2D eigenvalue weighted by Gasteiger charge is 2.29. The van der Waals surface area contributed by atoms with Gasteiger partial charge in [0.25, 0.3) is 0 Å². The monoisotopic (exact) mass is 406 g/mol. The summed E-state index contributed by atoms with van der Waals surface area (Å²) in [5.41, 5.74) is 2.91. The number of hydrogen-bond acceptors (Lipinski definition) is 4. The molecule has 0 saturated carbocycles. The van der Waals surface area contributed by atoms with Crippen LogP contribution in [0, 0.1) is 11.7 Å². The lowest BCUT2D eigenvalue weighted by Crippen LogP contribution is -2.40. The molecule has 8 heteroatoms. The molecule has 28 heavy (non-hydrogen) atoms. The van der Waals surface area contributed by atoms with Gasteiger partial charge in [0.1, 0.15) is 5.82 Å². The van der Waals surface area contributed by atoms with Gasteiger partial charge in [0.05, 0.1) is 48.7 Å². The summed E-state index contributed by atoms with van der Waals surface area (Å²) in [6.45, 7) is 4.54. The van der Waals surface area contributed by atoms with Crippen LogP contribution in [-0.2, 0) is 29.0 Å². The van der Waals surface area contributed by atoms with Crippen LogP contribution < -0.4 is 4.90 Å². The van der Waals surface area contributed by atoms with Gasteiger partial charge in [0.15, 0.2) is 0 Å². The Morgan fingerprint density at radius 2 is 2.21 bits per heavy atom. The van der Waals surface area contributed by atoms with E-state index in [9.17, 15) is 9.18 Å². The molecular weight excluding hydrogens is 383 g/mol. The Morgan fingerprint density at radius 3 is 3.00 bits per heavy atom. The average molecular weight is 407 g/mol. The van der Waals surface area contributed by atoms with Gasteiger partial charge in [-0.25, -0.2) is 4.39 Å². The maximum Gasteiger partial charge on any atom is 0.227 e. The van der Waals surface area contributed by atoms with Crippen molar-refractivity contribution in [3.63, 3.8) is 0 Å². The molecule has 0 aliphatic carbocycles. The molecule has 0 N–H and O–H groups in total. The third-order valence-corrected chi connectivity index (χ3v) is 5.86. The third kappa shape index (κ3) is 3.86. The minimum absolute atomic E-state index is 0.0137. The van der Waals surface area contributed by atoms with Crippen LogP contribution in [0.3, 0.4) is 0 Å². The second-order valence-electron chi connectivity index (χ2n) is 7.50. The fraction of sp³-hybridized carbons (Fsp3) is 0.500. The molecule has 0 radical (unpaired) electrons. The minimum atomic E-state index is -0.471. The summed E-state index contributed by atoms with van der Waals surface area (Å²) in [7, 11) is 1.74. The van der Waals surface area contributed by atoms with Crippen LogP contribution in [0.1, 0.15) is 17.7 Å². The van der Waals surface area contributed by atoms with Gasteiger partial charge in [-0.15, -0.1) is 0 Å². The number of anilines is 1. The highest BCUT2D eigenvalue weighted by Crippen LogP contribution is 2.30. The van der Waals surface area contributed by atoms with Crippen molar-refractivity contribution in [2.45, 2.75) is 25.9 Å². The number of ether oxygens (including phenoxy) is 1. The predicted octanol–water partition coefficient (Wildman–Crippen LogP) is 2.73. The molecule has 4 rings (SSSR count). The maximum atomic E-state index is 13.3. The molecule has 2 aliphatic heterocycles. The van der Waals surface area contributed by atoms with Gasteiger partial charge in [-0.3, -0.25) is 9.48 Å². The lowest BCUT2D eigenvalue weighted by Gasteiger charge is -2.30. The van der Waals surface area contributed by atoms with Crippen molar-refractivity contribution in [1.29, 1.82) is 0 Å². The molecule has 1 aromatic heterocycles. The zero-order valence-electron chi connectivity index (χ0n) is 15.9. The fourth-order valence-electron chi connectivity index (χ4n) is 4.07. The number of methoxy groups -OCH3 is 1. The van der Waals surface area contributed by atoms with Crippen molar-refractivity contribution in [2.75, 3.05) is 38.3 Å². The van der Waals surface area contributed by atoms with Crippen LogP contribution in [-0.4, -0.2) is 53.9 Å². The zero-order valence-corrected chi connectivity index (χ0v) is 16.7. The quantitative estimate of drug-likeness (QED) is 0.766. The highest BCUT2D eigenvalue weighted by atomic mass is 35.5. The third-order valence-electron chi connectivity index (χ3n) is 5.57. The number of hydrogen-bond donors (Lipinski definition) is 0. The van der Waals surface area contributed by atoms with Crippen LogP contribution in [0.25, 0.3) is 0 Å². The van der Waals surface area contributed by atoms with E-state index >= 15 is 0 Å². The summed E-state index contributed by atoms with van der Waals surface area (Å²) < 4.78 is 20.6. The molecule has 1 saturated heterocycles. The minimum Gasteiger partial charge on any atom is -0.384 e. The van der Waals surface area contributed by atoms with Crippen molar-refractivity contribution >= 4 is 23.2 Å². The summed E-state index contributed by atoms with van der Waals surface area (Å²) in [5, 5.41) is 4.56. The first-order valence-corrected chi connectivity index (χ1v) is 9.93. The largest absolute Gasteiger partial charge is 0.384 e. The summed E-state index contributed by atoms with van der Waals surface area (Å²) in [4.78, 5) is 17.0. The van der Waals surface area contributed by atoms with E-state index in [2.05, 4.69) is 10.00 Å². The Hall–Kier alpha value is -2.12. The lowest BCUT2D eigenvalue weighted by atomic mass is 10.1. The number of carbonyl (C=O) groups excluding carboxylic acids is 1. The van der Waals surface area contributed by atoms with E-state index in [1.807, 2.05) is 15.8 Å². The molecule has 1 fully saturated rings. The number of rotatable bonds is 5. The molecule has 2 aliphatic rings. The number of carbonyl (C=O) groups is 1. The number of amides is 1. The summed E-state index contributed by atoms with van der Waals surface area (Å²) in [6.07, 6.45) is 3.23. The molecule has 6 nitrogen and oxygen atoms in total. The summed E-state index contributed by atoms with van der Waals surface area (Å²) in [5.74, 6) is 0.0756. The van der Waals surface area contributed by atoms with Crippen LogP contribution in [0.2, 0.25) is 5.02 Å². The molecule has 150 valence electrons. The average Bonchev–Trinajstić information content (AvgIpc) is 3.31. The van der Waals surface area contributed by atoms with Crippen molar-refractivity contribution in [1.82, 2.24) is 14.7 Å². The second kappa shape index (κ2) is 8.09. The molecule has 1 unspecified atom stereocenters. The predicted molar refractivity (Wildman–Crippen MR) is 105 cm³/mol. The molecule has 1 aromatic carbocycles. The first-order valence-electron chi connectivity index (χ1n) is 9.55. The maximum absolute atomic E-state index is 13.3. The van der Waals surface area contributed by atoms with E-state index in [1.54, 1.807) is 13.2 Å². The second-order valence-corrected chi connectivity index (χ2v) is 7.90. The van der Waals surface area contributed by atoms with Gasteiger partial charge in [-0.1, -0.05) is 17.7 Å². The van der Waals surface area contributed by atoms with Crippen LogP contribution in [0.5, 0.6) is 0 Å². The smallest absolute Gasteiger partial charge is 0.227 e. The number of fused-ring (bicyclic) bond motifs is 1. The Bertz CT molecular complexity index is 872. The Labute approximate surface area is 168 Å². The normalized spacial score (nSPS) is 19.2. The standard InChI is InChI=1S/C20H24ClFN4O2/c1-28-13-15-4-5-24(11-15)18-10-23-26-7-6-25(12-19(18)26)20(27)9-14-2-3-17(22)16(21)8-14/h2-3,8,10,15H,4-7,9,11-13H2,1H3. The molecule has 2 aromatic rings. The lowest BCUT2D eigenvalue weighted by molar-refractivity contribution is -0.131. The van der Waals surface area contributed by atoms with Crippen LogP contribution in [0.15, 0.2) is 24.4 Å². The van der Waals surface area contributed by atoms with E-state index in [4.69, 9.17) is 16.3 Å². The van der Waals surface area contributed by atoms with Crippen molar-refractivity contribution in [2.24, 2.45) is 5.92 Å². The Kier molecular flexibility index (Phi) is 5.55. The molecule has 1 amide bonds. The molecule has 0 bridgehead atoms. The van der Waals surface area contributed by atoms with E-state index < -0.39 is 5.82 Å². The summed E-state index contributed by atoms with van der Waals surface area (Å²) in [6, 6.07) is 4.44. The molecule has 3 heterocycles. The number of aromatic nitrogens is 2. The zero-order chi connectivity index (χ0) is 19.7. The fourth-order valence-corrected chi connectivity index (χ4v) is 4.27. The van der Waals surface area contributed by atoms with Gasteiger partial charge in [0.2, 0.25) is 5.91 Å². The molecule has 0 spiro atoms. The van der Waals surface area contributed by atoms with Gasteiger partial charge in [-0.2, -0.15) is 5.10 Å². The Balaban J connectivity index is 1.45. The van der Waals surface area contributed by atoms with E-state index in [0.29, 0.717) is 25.6 Å². The van der Waals surface area contributed by atoms with Crippen molar-refractivity contribution < 1.29 is 13.9 Å². The van der Waals surface area contributed by atoms with Gasteiger partial charge in [0, 0.05) is 32.7 Å². The van der Waals surface area contributed by atoms with Crippen LogP contribution in [0.4, 0.5) is 10.1 Å². The van der Waals surface area contributed by atoms with E-state index in [-0.39, 0.29) is 17.4 Å². The summed E-state index contributed by atoms with van der Waals surface area (Å²) >= 11 is 5.84. The van der Waals surface area contributed by atoms with E-state index in [1.165, 1.54) is 12.1 Å². The van der Waals surface area contributed by atoms with E-state index in [0.717, 1.165) is 43.1 Å². The van der Waals surface area contributed by atoms with Crippen LogP contribution >= 0.6 is 11.6 Å². The molecule has 1 atom stereocenters. The van der Waals surface area contributed by atoms with Gasteiger partial charge >= 0.3 is 0 Å². The SMILES string of the molecule is COCC1CCN(c2cnn3c2CN(C(=O)Cc2ccc(F)c(Cl)c2)CC3)C1. The highest BCUT2D eigenvalue weighted by molar-refractivity contribution is 6.30. The Morgan fingerprint density at radius 1 is 1.36 bits per heavy atom. The number of halogens is 2. The molecular formula is C20H24ClFN4O2. The number of nitrogens with zero attached hydrogens (tertiary/aromatic N) is 4. The first-order chi connectivity index (χ1) is 13.5.